The lowest BCUT2D eigenvalue weighted by atomic mass is 9.86. The van der Waals surface area contributed by atoms with Crippen molar-refractivity contribution in [3.05, 3.63) is 64.4 Å². The normalized spacial score (nSPS) is 18.7. The SMILES string of the molecule is COc1ccc([C@@H]2CC(=O)N3CN(c4ccc(F)cc4)CSC3=C2C#N)cc1OC. The van der Waals surface area contributed by atoms with Crippen LogP contribution >= 0.6 is 11.8 Å². The van der Waals surface area contributed by atoms with Crippen LogP contribution in [0, 0.1) is 17.1 Å². The molecule has 0 bridgehead atoms. The van der Waals surface area contributed by atoms with E-state index < -0.39 is 0 Å². The van der Waals surface area contributed by atoms with E-state index in [-0.39, 0.29) is 24.1 Å². The van der Waals surface area contributed by atoms with Gasteiger partial charge in [0.15, 0.2) is 11.5 Å². The number of hydrogen-bond donors (Lipinski definition) is 0. The van der Waals surface area contributed by atoms with E-state index in [2.05, 4.69) is 6.07 Å². The van der Waals surface area contributed by atoms with Gasteiger partial charge in [0.2, 0.25) is 5.91 Å². The van der Waals surface area contributed by atoms with Gasteiger partial charge >= 0.3 is 0 Å². The van der Waals surface area contributed by atoms with E-state index in [0.717, 1.165) is 11.3 Å². The Morgan fingerprint density at radius 3 is 2.53 bits per heavy atom. The van der Waals surface area contributed by atoms with E-state index >= 15 is 0 Å². The largest absolute Gasteiger partial charge is 0.493 e. The summed E-state index contributed by atoms with van der Waals surface area (Å²) in [4.78, 5) is 16.6. The summed E-state index contributed by atoms with van der Waals surface area (Å²) < 4.78 is 23.9. The molecule has 0 aromatic heterocycles. The Labute approximate surface area is 178 Å². The summed E-state index contributed by atoms with van der Waals surface area (Å²) in [6.07, 6.45) is 0.194. The minimum Gasteiger partial charge on any atom is -0.493 e. The third-order valence-corrected chi connectivity index (χ3v) is 6.45. The van der Waals surface area contributed by atoms with Crippen molar-refractivity contribution in [2.75, 3.05) is 31.7 Å². The zero-order valence-electron chi connectivity index (χ0n) is 16.6. The highest BCUT2D eigenvalue weighted by Crippen LogP contribution is 2.44. The second-order valence-electron chi connectivity index (χ2n) is 6.95. The molecule has 154 valence electrons. The first-order chi connectivity index (χ1) is 14.5. The number of benzene rings is 2. The van der Waals surface area contributed by atoms with Crippen LogP contribution < -0.4 is 14.4 Å². The maximum Gasteiger partial charge on any atom is 0.229 e. The molecule has 0 spiro atoms. The van der Waals surface area contributed by atoms with E-state index in [0.29, 0.717) is 34.6 Å². The fraction of sp³-hybridized carbons (Fsp3) is 0.273. The van der Waals surface area contributed by atoms with Gasteiger partial charge in [0.05, 0.1) is 43.4 Å². The van der Waals surface area contributed by atoms with Gasteiger partial charge in [-0.2, -0.15) is 5.26 Å². The van der Waals surface area contributed by atoms with E-state index in [1.54, 1.807) is 37.3 Å². The Morgan fingerprint density at radius 2 is 1.87 bits per heavy atom. The summed E-state index contributed by atoms with van der Waals surface area (Å²) in [6.45, 7) is 0.330. The summed E-state index contributed by atoms with van der Waals surface area (Å²) >= 11 is 1.45. The maximum absolute atomic E-state index is 13.2. The molecule has 2 aromatic rings. The number of nitriles is 1. The number of amides is 1. The van der Waals surface area contributed by atoms with Gasteiger partial charge in [0.1, 0.15) is 5.82 Å². The smallest absolute Gasteiger partial charge is 0.229 e. The Morgan fingerprint density at radius 1 is 1.13 bits per heavy atom. The Kier molecular flexibility index (Phi) is 5.55. The van der Waals surface area contributed by atoms with E-state index in [1.807, 2.05) is 17.0 Å². The number of rotatable bonds is 4. The summed E-state index contributed by atoms with van der Waals surface area (Å²) in [5, 5.41) is 10.6. The van der Waals surface area contributed by atoms with Gasteiger partial charge < -0.3 is 14.4 Å². The number of hydrogen-bond acceptors (Lipinski definition) is 6. The third-order valence-electron chi connectivity index (χ3n) is 5.30. The van der Waals surface area contributed by atoms with Crippen LogP contribution in [0.2, 0.25) is 0 Å². The molecule has 2 heterocycles. The number of ether oxygens (including phenoxy) is 2. The minimum absolute atomic E-state index is 0.0527. The molecule has 0 unspecified atom stereocenters. The zero-order chi connectivity index (χ0) is 21.3. The highest BCUT2D eigenvalue weighted by atomic mass is 32.2. The molecule has 8 heteroatoms. The lowest BCUT2D eigenvalue weighted by Gasteiger charge is -2.42. The van der Waals surface area contributed by atoms with Gasteiger partial charge in [-0.25, -0.2) is 4.39 Å². The first kappa shape index (κ1) is 20.1. The fourth-order valence-corrected chi connectivity index (χ4v) is 4.90. The molecule has 1 amide bonds. The summed E-state index contributed by atoms with van der Waals surface area (Å²) in [5.74, 6) is 1.03. The average molecular weight is 425 g/mol. The quantitative estimate of drug-likeness (QED) is 0.736. The lowest BCUT2D eigenvalue weighted by Crippen LogP contribution is -2.47. The summed E-state index contributed by atoms with van der Waals surface area (Å²) in [6, 6.07) is 14.0. The molecule has 0 aliphatic carbocycles. The number of carbonyl (C=O) groups is 1. The van der Waals surface area contributed by atoms with Crippen LogP contribution in [0.5, 0.6) is 11.5 Å². The molecule has 1 saturated heterocycles. The fourth-order valence-electron chi connectivity index (χ4n) is 3.73. The van der Waals surface area contributed by atoms with Gasteiger partial charge in [0, 0.05) is 18.0 Å². The molecule has 30 heavy (non-hydrogen) atoms. The number of allylic oxidation sites excluding steroid dienone is 1. The highest BCUT2D eigenvalue weighted by Gasteiger charge is 2.38. The Balaban J connectivity index is 1.66. The van der Waals surface area contributed by atoms with Crippen molar-refractivity contribution in [2.24, 2.45) is 0 Å². The molecule has 4 rings (SSSR count). The number of halogens is 1. The molecule has 2 aliphatic rings. The zero-order valence-corrected chi connectivity index (χ0v) is 17.4. The van der Waals surface area contributed by atoms with Crippen molar-refractivity contribution >= 4 is 23.4 Å². The minimum atomic E-state index is -0.335. The number of methoxy groups -OCH3 is 2. The second kappa shape index (κ2) is 8.28. The molecule has 2 aromatic carbocycles. The van der Waals surface area contributed by atoms with Gasteiger partial charge in [-0.15, -0.1) is 0 Å². The maximum atomic E-state index is 13.2. The van der Waals surface area contributed by atoms with Crippen LogP contribution in [-0.4, -0.2) is 37.6 Å². The van der Waals surface area contributed by atoms with Crippen molar-refractivity contribution in [2.45, 2.75) is 12.3 Å². The number of anilines is 1. The molecular weight excluding hydrogens is 405 g/mol. The third kappa shape index (κ3) is 3.57. The first-order valence-electron chi connectivity index (χ1n) is 9.35. The summed E-state index contributed by atoms with van der Waals surface area (Å²) in [5.41, 5.74) is 2.24. The molecule has 1 fully saturated rings. The molecule has 0 saturated carbocycles. The van der Waals surface area contributed by atoms with Gasteiger partial charge in [-0.3, -0.25) is 9.69 Å². The molecule has 6 nitrogen and oxygen atoms in total. The van der Waals surface area contributed by atoms with Gasteiger partial charge in [-0.05, 0) is 42.0 Å². The van der Waals surface area contributed by atoms with Gasteiger partial charge in [-0.1, -0.05) is 17.8 Å². The monoisotopic (exact) mass is 425 g/mol. The van der Waals surface area contributed by atoms with Crippen molar-refractivity contribution in [3.8, 4) is 17.6 Å². The molecule has 1 atom stereocenters. The molecule has 2 aliphatic heterocycles. The Hall–Kier alpha value is -3.18. The van der Waals surface area contributed by atoms with Crippen LogP contribution in [0.25, 0.3) is 0 Å². The molecule has 0 radical (unpaired) electrons. The standard InChI is InChI=1S/C22H20FN3O3S/c1-28-19-8-3-14(9-20(19)29-2)17-10-21(27)26-12-25(13-30-22(26)18(17)11-24)16-6-4-15(23)5-7-16/h3-9,17H,10,12-13H2,1-2H3/t17-/m0/s1. The van der Waals surface area contributed by atoms with Gasteiger partial charge in [0.25, 0.3) is 0 Å². The van der Waals surface area contributed by atoms with Crippen LogP contribution in [0.3, 0.4) is 0 Å². The predicted molar refractivity (Wildman–Crippen MR) is 113 cm³/mol. The van der Waals surface area contributed by atoms with Crippen LogP contribution in [0.4, 0.5) is 10.1 Å². The van der Waals surface area contributed by atoms with Crippen LogP contribution in [0.1, 0.15) is 17.9 Å². The lowest BCUT2D eigenvalue weighted by molar-refractivity contribution is -0.129. The second-order valence-corrected chi connectivity index (χ2v) is 7.89. The Bertz CT molecular complexity index is 1050. The van der Waals surface area contributed by atoms with E-state index in [4.69, 9.17) is 9.47 Å². The van der Waals surface area contributed by atoms with Crippen LogP contribution in [0.15, 0.2) is 53.1 Å². The van der Waals surface area contributed by atoms with E-state index in [1.165, 1.54) is 23.9 Å². The number of thioether (sulfide) groups is 1. The number of carbonyl (C=O) groups excluding carboxylic acids is 1. The van der Waals surface area contributed by atoms with Crippen LogP contribution in [-0.2, 0) is 4.79 Å². The number of nitrogens with zero attached hydrogens (tertiary/aromatic N) is 3. The highest BCUT2D eigenvalue weighted by molar-refractivity contribution is 8.03. The topological polar surface area (TPSA) is 65.8 Å². The van der Waals surface area contributed by atoms with Crippen molar-refractivity contribution in [1.82, 2.24) is 4.90 Å². The van der Waals surface area contributed by atoms with Crippen molar-refractivity contribution in [3.63, 3.8) is 0 Å². The van der Waals surface area contributed by atoms with E-state index in [9.17, 15) is 14.4 Å². The predicted octanol–water partition coefficient (Wildman–Crippen LogP) is 4.06. The first-order valence-corrected chi connectivity index (χ1v) is 10.3. The number of fused-ring (bicyclic) bond motifs is 1. The average Bonchev–Trinajstić information content (AvgIpc) is 2.78. The molecular formula is C22H20FN3O3S. The summed E-state index contributed by atoms with van der Waals surface area (Å²) in [7, 11) is 3.12. The van der Waals surface area contributed by atoms with Crippen molar-refractivity contribution in [1.29, 1.82) is 5.26 Å². The van der Waals surface area contributed by atoms with Crippen molar-refractivity contribution < 1.29 is 18.7 Å². The molecule has 0 N–H and O–H groups in total.